The van der Waals surface area contributed by atoms with Crippen molar-refractivity contribution in [1.82, 2.24) is 14.6 Å². The number of benzene rings is 1. The van der Waals surface area contributed by atoms with Crippen LogP contribution >= 0.6 is 11.8 Å². The maximum atomic E-state index is 13.0. The van der Waals surface area contributed by atoms with Crippen LogP contribution in [0.2, 0.25) is 0 Å². The third-order valence-corrected chi connectivity index (χ3v) is 5.63. The maximum absolute atomic E-state index is 13.0. The number of nitrogens with one attached hydrogen (secondary N) is 1. The maximum Gasteiger partial charge on any atom is 0.237 e. The predicted octanol–water partition coefficient (Wildman–Crippen LogP) is 4.43. The number of rotatable bonds is 5. The smallest absolute Gasteiger partial charge is 0.237 e. The molecule has 0 bridgehead atoms. The molecule has 0 unspecified atom stereocenters. The molecule has 0 spiro atoms. The Hall–Kier alpha value is -2.87. The van der Waals surface area contributed by atoms with E-state index in [0.717, 1.165) is 22.4 Å². The molecule has 0 aliphatic rings. The number of aryl methyl sites for hydroxylation is 1. The van der Waals surface area contributed by atoms with Gasteiger partial charge in [-0.1, -0.05) is 18.7 Å². The lowest BCUT2D eigenvalue weighted by Gasteiger charge is -2.15. The van der Waals surface area contributed by atoms with Gasteiger partial charge in [0.25, 0.3) is 0 Å². The molecule has 0 fully saturated rings. The van der Waals surface area contributed by atoms with E-state index >= 15 is 0 Å². The Morgan fingerprint density at radius 3 is 2.78 bits per heavy atom. The topological polar surface area (TPSA) is 72.4 Å². The van der Waals surface area contributed by atoms with E-state index in [4.69, 9.17) is 4.42 Å². The third kappa shape index (κ3) is 3.28. The highest BCUT2D eigenvalue weighted by Crippen LogP contribution is 2.32. The Kier molecular flexibility index (Phi) is 4.57. The van der Waals surface area contributed by atoms with E-state index in [1.807, 2.05) is 30.4 Å². The highest BCUT2D eigenvalue weighted by atomic mass is 32.2. The average Bonchev–Trinajstić information content (AvgIpc) is 3.24. The fourth-order valence-corrected chi connectivity index (χ4v) is 3.90. The Bertz CT molecular complexity index is 1120. The average molecular weight is 384 g/mol. The van der Waals surface area contributed by atoms with Crippen LogP contribution in [-0.4, -0.2) is 25.8 Å². The van der Waals surface area contributed by atoms with Gasteiger partial charge in [-0.05, 0) is 37.6 Å². The molecule has 0 saturated carbocycles. The summed E-state index contributed by atoms with van der Waals surface area (Å²) in [6.07, 6.45) is 2.24. The molecule has 1 atom stereocenters. The minimum Gasteiger partial charge on any atom is -0.463 e. The van der Waals surface area contributed by atoms with Crippen molar-refractivity contribution in [1.29, 1.82) is 0 Å². The fraction of sp³-hybridized carbons (Fsp3) is 0.211. The highest BCUT2D eigenvalue weighted by molar-refractivity contribution is 8.00. The quantitative estimate of drug-likeness (QED) is 0.515. The second-order valence-corrected chi connectivity index (χ2v) is 7.29. The van der Waals surface area contributed by atoms with Crippen LogP contribution < -0.4 is 5.32 Å². The molecule has 27 heavy (non-hydrogen) atoms. The first kappa shape index (κ1) is 17.5. The standard InChI is InChI=1S/C19H17FN4O2S/c1-3-17(18(25)21-13-6-4-12(20)5-7-13)27-19-15-10-16-14(8-9-26-16)24(15)11(2)22-23-19/h4-10,17H,3H2,1-2H3,(H,21,25)/t17-/m0/s1. The lowest BCUT2D eigenvalue weighted by molar-refractivity contribution is -0.115. The van der Waals surface area contributed by atoms with Gasteiger partial charge >= 0.3 is 0 Å². The molecule has 1 aromatic carbocycles. The first-order valence-electron chi connectivity index (χ1n) is 8.52. The molecule has 0 radical (unpaired) electrons. The molecule has 8 heteroatoms. The van der Waals surface area contributed by atoms with Crippen molar-refractivity contribution in [2.75, 3.05) is 5.32 Å². The van der Waals surface area contributed by atoms with Crippen LogP contribution in [0.5, 0.6) is 0 Å². The largest absolute Gasteiger partial charge is 0.463 e. The number of furan rings is 1. The molecule has 4 rings (SSSR count). The predicted molar refractivity (Wildman–Crippen MR) is 102 cm³/mol. The number of halogens is 1. The Balaban J connectivity index is 1.62. The first-order chi connectivity index (χ1) is 13.1. The van der Waals surface area contributed by atoms with E-state index < -0.39 is 0 Å². The number of fused-ring (bicyclic) bond motifs is 3. The molecule has 3 heterocycles. The normalized spacial score (nSPS) is 12.6. The molecule has 138 valence electrons. The number of nitrogens with zero attached hydrogens (tertiary/aromatic N) is 3. The molecular formula is C19H17FN4O2S. The Morgan fingerprint density at radius 2 is 2.04 bits per heavy atom. The molecule has 0 aliphatic heterocycles. The van der Waals surface area contributed by atoms with E-state index in [1.54, 1.807) is 6.26 Å². The van der Waals surface area contributed by atoms with E-state index in [-0.39, 0.29) is 17.0 Å². The van der Waals surface area contributed by atoms with Crippen LogP contribution in [-0.2, 0) is 4.79 Å². The molecular weight excluding hydrogens is 367 g/mol. The number of hydrogen-bond acceptors (Lipinski definition) is 5. The van der Waals surface area contributed by atoms with Gasteiger partial charge < -0.3 is 9.73 Å². The summed E-state index contributed by atoms with van der Waals surface area (Å²) in [7, 11) is 0. The molecule has 4 aromatic rings. The van der Waals surface area contributed by atoms with Gasteiger partial charge in [-0.2, -0.15) is 0 Å². The van der Waals surface area contributed by atoms with Gasteiger partial charge in [-0.3, -0.25) is 9.20 Å². The number of anilines is 1. The monoisotopic (exact) mass is 384 g/mol. The first-order valence-corrected chi connectivity index (χ1v) is 9.40. The fourth-order valence-electron chi connectivity index (χ4n) is 2.94. The number of thioether (sulfide) groups is 1. The number of carbonyl (C=O) groups excluding carboxylic acids is 1. The van der Waals surface area contributed by atoms with E-state index in [2.05, 4.69) is 15.5 Å². The van der Waals surface area contributed by atoms with Crippen molar-refractivity contribution in [3.05, 3.63) is 54.3 Å². The summed E-state index contributed by atoms with van der Waals surface area (Å²) >= 11 is 1.35. The van der Waals surface area contributed by atoms with Crippen molar-refractivity contribution >= 4 is 40.0 Å². The van der Waals surface area contributed by atoms with Crippen LogP contribution in [0, 0.1) is 12.7 Å². The van der Waals surface area contributed by atoms with Crippen LogP contribution in [0.3, 0.4) is 0 Å². The van der Waals surface area contributed by atoms with Crippen molar-refractivity contribution < 1.29 is 13.6 Å². The SMILES string of the molecule is CC[C@H](Sc1nnc(C)n2c1cc1occc12)C(=O)Nc1ccc(F)cc1. The van der Waals surface area contributed by atoms with E-state index in [9.17, 15) is 9.18 Å². The second kappa shape index (κ2) is 7.03. The lowest BCUT2D eigenvalue weighted by atomic mass is 10.2. The zero-order valence-corrected chi connectivity index (χ0v) is 15.6. The Labute approximate surface area is 158 Å². The molecule has 1 amide bonds. The number of amides is 1. The van der Waals surface area contributed by atoms with E-state index in [1.165, 1.54) is 36.0 Å². The molecule has 6 nitrogen and oxygen atoms in total. The van der Waals surface area contributed by atoms with Crippen LogP contribution in [0.4, 0.5) is 10.1 Å². The van der Waals surface area contributed by atoms with Crippen LogP contribution in [0.25, 0.3) is 16.6 Å². The minimum atomic E-state index is -0.364. The van der Waals surface area contributed by atoms with Gasteiger partial charge in [0.2, 0.25) is 5.91 Å². The Morgan fingerprint density at radius 1 is 1.26 bits per heavy atom. The molecule has 1 N–H and O–H groups in total. The van der Waals surface area contributed by atoms with Gasteiger partial charge in [0, 0.05) is 17.8 Å². The summed E-state index contributed by atoms with van der Waals surface area (Å²) in [6, 6.07) is 9.49. The summed E-state index contributed by atoms with van der Waals surface area (Å²) in [5, 5.41) is 11.6. The summed E-state index contributed by atoms with van der Waals surface area (Å²) in [5.74, 6) is 0.240. The van der Waals surface area contributed by atoms with Crippen molar-refractivity contribution in [2.45, 2.75) is 30.5 Å². The minimum absolute atomic E-state index is 0.162. The van der Waals surface area contributed by atoms with Gasteiger partial charge in [0.15, 0.2) is 5.58 Å². The number of hydrogen-bond donors (Lipinski definition) is 1. The van der Waals surface area contributed by atoms with Crippen molar-refractivity contribution in [3.8, 4) is 0 Å². The van der Waals surface area contributed by atoms with Crippen molar-refractivity contribution in [2.24, 2.45) is 0 Å². The summed E-state index contributed by atoms with van der Waals surface area (Å²) in [6.45, 7) is 3.81. The zero-order chi connectivity index (χ0) is 19.0. The summed E-state index contributed by atoms with van der Waals surface area (Å²) < 4.78 is 20.5. The van der Waals surface area contributed by atoms with Gasteiger partial charge in [0.1, 0.15) is 16.7 Å². The summed E-state index contributed by atoms with van der Waals surface area (Å²) in [5.41, 5.74) is 3.08. The number of carbonyl (C=O) groups is 1. The second-order valence-electron chi connectivity index (χ2n) is 6.10. The molecule has 0 aliphatic carbocycles. The molecule has 3 aromatic heterocycles. The lowest BCUT2D eigenvalue weighted by Crippen LogP contribution is -2.24. The van der Waals surface area contributed by atoms with Gasteiger partial charge in [-0.25, -0.2) is 4.39 Å². The third-order valence-electron chi connectivity index (χ3n) is 4.28. The number of aromatic nitrogens is 3. The van der Waals surface area contributed by atoms with Gasteiger partial charge in [-0.15, -0.1) is 10.2 Å². The van der Waals surface area contributed by atoms with E-state index in [0.29, 0.717) is 17.1 Å². The van der Waals surface area contributed by atoms with Crippen molar-refractivity contribution in [3.63, 3.8) is 0 Å². The molecule has 0 saturated heterocycles. The van der Waals surface area contributed by atoms with Gasteiger partial charge in [0.05, 0.1) is 22.5 Å². The highest BCUT2D eigenvalue weighted by Gasteiger charge is 2.22. The van der Waals surface area contributed by atoms with Crippen LogP contribution in [0.15, 0.2) is 52.1 Å². The zero-order valence-electron chi connectivity index (χ0n) is 14.8. The summed E-state index contributed by atoms with van der Waals surface area (Å²) in [4.78, 5) is 12.7. The van der Waals surface area contributed by atoms with Crippen LogP contribution in [0.1, 0.15) is 19.2 Å².